The molecular formula is C9H11BiO. The Morgan fingerprint density at radius 2 is 2.00 bits per heavy atom. The Balaban J connectivity index is 0.000000605. The van der Waals surface area contributed by atoms with Gasteiger partial charge in [-0.15, -0.1) is 0 Å². The Kier molecular flexibility index (Phi) is 3.07. The zero-order valence-corrected chi connectivity index (χ0v) is 11.8. The molecule has 1 nitrogen and oxygen atoms in total. The topological polar surface area (TPSA) is 9.23 Å². The Morgan fingerprint density at radius 3 is 2.82 bits per heavy atom. The van der Waals surface area contributed by atoms with Crippen LogP contribution >= 0.6 is 0 Å². The zero-order valence-electron chi connectivity index (χ0n) is 6.29. The van der Waals surface area contributed by atoms with Gasteiger partial charge >= 0.3 is 26.2 Å². The molecule has 1 aromatic carbocycles. The SMILES string of the molecule is C1=Cc2ccccc2OC1.[BiH3]. The van der Waals surface area contributed by atoms with E-state index in [0.717, 1.165) is 5.75 Å². The third kappa shape index (κ3) is 1.81. The van der Waals surface area contributed by atoms with Crippen LogP contribution in [0.3, 0.4) is 0 Å². The van der Waals surface area contributed by atoms with Gasteiger partial charge in [0.1, 0.15) is 12.4 Å². The molecule has 0 N–H and O–H groups in total. The quantitative estimate of drug-likeness (QED) is 0.636. The molecule has 2 heteroatoms. The van der Waals surface area contributed by atoms with Crippen molar-refractivity contribution in [2.45, 2.75) is 0 Å². The molecule has 58 valence electrons. The van der Waals surface area contributed by atoms with Gasteiger partial charge in [-0.3, -0.25) is 0 Å². The third-order valence-electron chi connectivity index (χ3n) is 1.55. The number of rotatable bonds is 0. The number of benzene rings is 1. The summed E-state index contributed by atoms with van der Waals surface area (Å²) in [7, 11) is 0. The van der Waals surface area contributed by atoms with Crippen molar-refractivity contribution >= 4 is 32.3 Å². The van der Waals surface area contributed by atoms with E-state index in [2.05, 4.69) is 6.08 Å². The second-order valence-corrected chi connectivity index (χ2v) is 2.25. The van der Waals surface area contributed by atoms with Gasteiger partial charge in [0.2, 0.25) is 0 Å². The summed E-state index contributed by atoms with van der Waals surface area (Å²) in [6, 6.07) is 8.03. The molecule has 1 aliphatic rings. The van der Waals surface area contributed by atoms with Crippen LogP contribution in [0.4, 0.5) is 0 Å². The van der Waals surface area contributed by atoms with Crippen LogP contribution in [0, 0.1) is 0 Å². The minimum absolute atomic E-state index is 0. The van der Waals surface area contributed by atoms with Gasteiger partial charge in [0.15, 0.2) is 0 Å². The maximum atomic E-state index is 5.34. The average molecular weight is 344 g/mol. The van der Waals surface area contributed by atoms with E-state index in [1.807, 2.05) is 30.3 Å². The zero-order chi connectivity index (χ0) is 6.81. The van der Waals surface area contributed by atoms with Gasteiger partial charge in [0.25, 0.3) is 0 Å². The normalized spacial score (nSPS) is 12.7. The van der Waals surface area contributed by atoms with Crippen molar-refractivity contribution in [3.8, 4) is 5.75 Å². The van der Waals surface area contributed by atoms with E-state index < -0.39 is 0 Å². The summed E-state index contributed by atoms with van der Waals surface area (Å²) in [6.45, 7) is 0.705. The van der Waals surface area contributed by atoms with Crippen LogP contribution < -0.4 is 4.74 Å². The summed E-state index contributed by atoms with van der Waals surface area (Å²) >= 11 is 0. The molecule has 0 fully saturated rings. The van der Waals surface area contributed by atoms with Gasteiger partial charge in [0, 0.05) is 5.56 Å². The summed E-state index contributed by atoms with van der Waals surface area (Å²) < 4.78 is 5.34. The molecule has 1 aliphatic heterocycles. The molecule has 0 bridgehead atoms. The van der Waals surface area contributed by atoms with Crippen LogP contribution in [-0.2, 0) is 0 Å². The summed E-state index contributed by atoms with van der Waals surface area (Å²) in [6.07, 6.45) is 4.10. The van der Waals surface area contributed by atoms with Gasteiger partial charge in [-0.1, -0.05) is 24.3 Å². The first-order chi connectivity index (χ1) is 4.97. The van der Waals surface area contributed by atoms with Crippen molar-refractivity contribution < 1.29 is 4.74 Å². The molecule has 0 saturated heterocycles. The molecule has 0 amide bonds. The van der Waals surface area contributed by atoms with Crippen LogP contribution in [0.25, 0.3) is 6.08 Å². The molecule has 0 saturated carbocycles. The van der Waals surface area contributed by atoms with E-state index in [4.69, 9.17) is 4.74 Å². The Bertz CT molecular complexity index is 268. The van der Waals surface area contributed by atoms with Gasteiger partial charge in [0.05, 0.1) is 0 Å². The Labute approximate surface area is 85.2 Å². The molecule has 1 aromatic rings. The fraction of sp³-hybridized carbons (Fsp3) is 0.111. The first-order valence-electron chi connectivity index (χ1n) is 3.35. The molecule has 0 radical (unpaired) electrons. The fourth-order valence-electron chi connectivity index (χ4n) is 1.06. The van der Waals surface area contributed by atoms with Gasteiger partial charge < -0.3 is 4.74 Å². The van der Waals surface area contributed by atoms with Gasteiger partial charge in [-0.05, 0) is 12.1 Å². The monoisotopic (exact) mass is 344 g/mol. The van der Waals surface area contributed by atoms with Crippen LogP contribution in [0.1, 0.15) is 5.56 Å². The second kappa shape index (κ2) is 3.87. The van der Waals surface area contributed by atoms with Crippen molar-refractivity contribution in [3.63, 3.8) is 0 Å². The van der Waals surface area contributed by atoms with E-state index in [-0.39, 0.29) is 26.2 Å². The average Bonchev–Trinajstić information content (AvgIpc) is 2.05. The number of fused-ring (bicyclic) bond motifs is 1. The first-order valence-corrected chi connectivity index (χ1v) is 3.35. The predicted molar refractivity (Wildman–Crippen MR) is 50.9 cm³/mol. The molecule has 1 heterocycles. The maximum absolute atomic E-state index is 5.34. The molecule has 0 spiro atoms. The number of ether oxygens (including phenoxy) is 1. The van der Waals surface area contributed by atoms with Crippen molar-refractivity contribution in [2.75, 3.05) is 6.61 Å². The van der Waals surface area contributed by atoms with Gasteiger partial charge in [-0.2, -0.15) is 0 Å². The van der Waals surface area contributed by atoms with E-state index in [9.17, 15) is 0 Å². The second-order valence-electron chi connectivity index (χ2n) is 2.25. The summed E-state index contributed by atoms with van der Waals surface area (Å²) in [5.41, 5.74) is 1.17. The fourth-order valence-corrected chi connectivity index (χ4v) is 1.06. The summed E-state index contributed by atoms with van der Waals surface area (Å²) in [4.78, 5) is 0. The summed E-state index contributed by atoms with van der Waals surface area (Å²) in [5, 5.41) is 0. The van der Waals surface area contributed by atoms with Crippen molar-refractivity contribution in [2.24, 2.45) is 0 Å². The van der Waals surface area contributed by atoms with Crippen LogP contribution in [0.2, 0.25) is 0 Å². The van der Waals surface area contributed by atoms with E-state index in [1.54, 1.807) is 0 Å². The number of para-hydroxylation sites is 1. The molecule has 2 rings (SSSR count). The van der Waals surface area contributed by atoms with Gasteiger partial charge in [-0.25, -0.2) is 0 Å². The molecule has 0 aromatic heterocycles. The van der Waals surface area contributed by atoms with E-state index in [1.165, 1.54) is 5.56 Å². The van der Waals surface area contributed by atoms with E-state index in [0.29, 0.717) is 6.61 Å². The predicted octanol–water partition coefficient (Wildman–Crippen LogP) is 0.908. The molecular weight excluding hydrogens is 333 g/mol. The number of hydrogen-bond donors (Lipinski definition) is 0. The molecule has 11 heavy (non-hydrogen) atoms. The van der Waals surface area contributed by atoms with Crippen LogP contribution in [0.5, 0.6) is 5.75 Å². The van der Waals surface area contributed by atoms with E-state index >= 15 is 0 Å². The van der Waals surface area contributed by atoms with Crippen LogP contribution in [0.15, 0.2) is 30.3 Å². The Morgan fingerprint density at radius 1 is 1.18 bits per heavy atom. The van der Waals surface area contributed by atoms with Crippen molar-refractivity contribution in [3.05, 3.63) is 35.9 Å². The molecule has 0 unspecified atom stereocenters. The van der Waals surface area contributed by atoms with Crippen molar-refractivity contribution in [1.82, 2.24) is 0 Å². The molecule has 0 aliphatic carbocycles. The Hall–Kier alpha value is -0.357. The van der Waals surface area contributed by atoms with Crippen molar-refractivity contribution in [1.29, 1.82) is 0 Å². The first kappa shape index (κ1) is 8.74. The third-order valence-corrected chi connectivity index (χ3v) is 1.55. The standard InChI is InChI=1S/C9H8O.Bi.3H/c1-2-6-9-8(4-1)5-3-7-10-9;;;;/h1-6H,7H2;;;;. The summed E-state index contributed by atoms with van der Waals surface area (Å²) in [5.74, 6) is 0.991. The minimum atomic E-state index is 0. The number of hydrogen-bond acceptors (Lipinski definition) is 1. The molecule has 0 atom stereocenters. The van der Waals surface area contributed by atoms with Crippen LogP contribution in [-0.4, -0.2) is 32.8 Å².